The smallest absolute Gasteiger partial charge is 0.361 e. The first-order valence-electron chi connectivity index (χ1n) is 7.16. The van der Waals surface area contributed by atoms with Gasteiger partial charge in [0.15, 0.2) is 0 Å². The molecule has 2 heterocycles. The number of hydrogen-bond acceptors (Lipinski definition) is 7. The lowest BCUT2D eigenvalue weighted by Gasteiger charge is -2.26. The van der Waals surface area contributed by atoms with Crippen LogP contribution < -0.4 is 16.1 Å². The molecule has 1 aromatic rings. The molecule has 9 nitrogen and oxygen atoms in total. The standard InChI is InChI=1S/C13H18N2O7/c16-5-8-9(17)10(18)11(21-8)7-4-15(13(20)14-12(7)19)22-6-2-1-3-6/h4,6,8-11,16-18H,1-3,5H2,(H,14,19,20)/t8-,9-,10-,11+/m1/s1. The van der Waals surface area contributed by atoms with Gasteiger partial charge in [0.05, 0.1) is 18.4 Å². The molecule has 0 radical (unpaired) electrons. The van der Waals surface area contributed by atoms with Crippen molar-refractivity contribution in [2.45, 2.75) is 49.8 Å². The van der Waals surface area contributed by atoms with Gasteiger partial charge >= 0.3 is 5.69 Å². The van der Waals surface area contributed by atoms with Crippen LogP contribution in [0.4, 0.5) is 0 Å². The predicted molar refractivity (Wildman–Crippen MR) is 72.3 cm³/mol. The monoisotopic (exact) mass is 314 g/mol. The summed E-state index contributed by atoms with van der Waals surface area (Å²) in [4.78, 5) is 31.2. The quantitative estimate of drug-likeness (QED) is 0.490. The average Bonchev–Trinajstić information content (AvgIpc) is 2.72. The van der Waals surface area contributed by atoms with E-state index in [4.69, 9.17) is 14.7 Å². The van der Waals surface area contributed by atoms with Crippen LogP contribution in [0.25, 0.3) is 0 Å². The van der Waals surface area contributed by atoms with Crippen LogP contribution in [0, 0.1) is 0 Å². The van der Waals surface area contributed by atoms with Gasteiger partial charge in [0, 0.05) is 0 Å². The number of H-pyrrole nitrogens is 1. The SMILES string of the molecule is O=c1[nH]c(=O)n(OC2CCC2)cc1[C@@H]1O[C@H](CO)[C@@H](O)[C@H]1O. The highest BCUT2D eigenvalue weighted by Crippen LogP contribution is 2.31. The van der Waals surface area contributed by atoms with Crippen LogP contribution in [0.5, 0.6) is 0 Å². The first-order valence-corrected chi connectivity index (χ1v) is 7.16. The number of hydrogen-bond donors (Lipinski definition) is 4. The van der Waals surface area contributed by atoms with E-state index in [0.717, 1.165) is 24.0 Å². The van der Waals surface area contributed by atoms with Gasteiger partial charge in [0.25, 0.3) is 5.56 Å². The summed E-state index contributed by atoms with van der Waals surface area (Å²) >= 11 is 0. The van der Waals surface area contributed by atoms with E-state index in [9.17, 15) is 19.8 Å². The number of aliphatic hydroxyl groups is 3. The molecule has 1 saturated carbocycles. The fraction of sp³-hybridized carbons (Fsp3) is 0.692. The normalized spacial score (nSPS) is 32.0. The van der Waals surface area contributed by atoms with Crippen LogP contribution in [-0.2, 0) is 4.74 Å². The summed E-state index contributed by atoms with van der Waals surface area (Å²) in [6, 6.07) is 0. The summed E-state index contributed by atoms with van der Waals surface area (Å²) in [6.07, 6.45) is -1.08. The van der Waals surface area contributed by atoms with Crippen molar-refractivity contribution in [1.82, 2.24) is 9.71 Å². The molecule has 4 atom stereocenters. The third kappa shape index (κ3) is 2.56. The van der Waals surface area contributed by atoms with Crippen LogP contribution >= 0.6 is 0 Å². The van der Waals surface area contributed by atoms with E-state index < -0.39 is 42.3 Å². The highest BCUT2D eigenvalue weighted by Gasteiger charge is 2.44. The Morgan fingerprint density at radius 2 is 2.05 bits per heavy atom. The highest BCUT2D eigenvalue weighted by atomic mass is 16.7. The van der Waals surface area contributed by atoms with Crippen molar-refractivity contribution in [3.05, 3.63) is 32.6 Å². The van der Waals surface area contributed by atoms with Gasteiger partial charge in [-0.05, 0) is 19.3 Å². The second-order valence-electron chi connectivity index (χ2n) is 5.59. The Morgan fingerprint density at radius 3 is 2.59 bits per heavy atom. The highest BCUT2D eigenvalue weighted by molar-refractivity contribution is 5.14. The lowest BCUT2D eigenvalue weighted by atomic mass is 9.97. The number of aromatic amines is 1. The molecule has 22 heavy (non-hydrogen) atoms. The molecule has 0 unspecified atom stereocenters. The molecular formula is C13H18N2O7. The van der Waals surface area contributed by atoms with E-state index in [1.54, 1.807) is 0 Å². The average molecular weight is 314 g/mol. The Labute approximate surface area is 124 Å². The van der Waals surface area contributed by atoms with E-state index in [-0.39, 0.29) is 11.7 Å². The fourth-order valence-corrected chi connectivity index (χ4v) is 2.54. The number of aromatic nitrogens is 2. The van der Waals surface area contributed by atoms with Crippen LogP contribution in [0.15, 0.2) is 15.8 Å². The molecule has 122 valence electrons. The molecule has 4 N–H and O–H groups in total. The number of aliphatic hydroxyl groups excluding tert-OH is 3. The predicted octanol–water partition coefficient (Wildman–Crippen LogP) is -2.33. The third-order valence-corrected chi connectivity index (χ3v) is 4.10. The maximum absolute atomic E-state index is 11.9. The molecule has 0 spiro atoms. The Kier molecular flexibility index (Phi) is 4.04. The molecule has 2 fully saturated rings. The van der Waals surface area contributed by atoms with Gasteiger partial charge in [-0.15, -0.1) is 4.73 Å². The van der Waals surface area contributed by atoms with E-state index in [2.05, 4.69) is 4.98 Å². The van der Waals surface area contributed by atoms with Crippen molar-refractivity contribution in [1.29, 1.82) is 0 Å². The molecule has 1 saturated heterocycles. The molecule has 0 aromatic carbocycles. The van der Waals surface area contributed by atoms with Crippen molar-refractivity contribution in [2.75, 3.05) is 6.61 Å². The van der Waals surface area contributed by atoms with Crippen molar-refractivity contribution < 1.29 is 24.9 Å². The zero-order chi connectivity index (χ0) is 15.9. The summed E-state index contributed by atoms with van der Waals surface area (Å²) in [5.74, 6) is 0. The molecule has 2 aliphatic rings. The first-order chi connectivity index (χ1) is 10.5. The maximum atomic E-state index is 11.9. The largest absolute Gasteiger partial charge is 0.406 e. The van der Waals surface area contributed by atoms with E-state index in [1.165, 1.54) is 6.20 Å². The maximum Gasteiger partial charge on any atom is 0.361 e. The summed E-state index contributed by atoms with van der Waals surface area (Å²) in [5, 5.41) is 28.8. The van der Waals surface area contributed by atoms with Crippen molar-refractivity contribution in [2.24, 2.45) is 0 Å². The van der Waals surface area contributed by atoms with E-state index in [1.807, 2.05) is 0 Å². The number of nitrogens with zero attached hydrogens (tertiary/aromatic N) is 1. The minimum atomic E-state index is -1.38. The van der Waals surface area contributed by atoms with Gasteiger partial charge < -0.3 is 24.9 Å². The Morgan fingerprint density at radius 1 is 1.32 bits per heavy atom. The minimum Gasteiger partial charge on any atom is -0.406 e. The molecule has 9 heteroatoms. The summed E-state index contributed by atoms with van der Waals surface area (Å²) in [7, 11) is 0. The molecule has 3 rings (SSSR count). The van der Waals surface area contributed by atoms with Crippen LogP contribution in [0.3, 0.4) is 0 Å². The molecule has 0 bridgehead atoms. The number of rotatable bonds is 4. The summed E-state index contributed by atoms with van der Waals surface area (Å²) in [5.41, 5.74) is -1.48. The minimum absolute atomic E-state index is 0.0403. The van der Waals surface area contributed by atoms with Gasteiger partial charge in [0.1, 0.15) is 30.5 Å². The zero-order valence-corrected chi connectivity index (χ0v) is 11.7. The molecule has 1 aliphatic heterocycles. The first kappa shape index (κ1) is 15.2. The Bertz CT molecular complexity index is 651. The van der Waals surface area contributed by atoms with Gasteiger partial charge in [-0.1, -0.05) is 0 Å². The Hall–Kier alpha value is -1.68. The second-order valence-corrected chi connectivity index (χ2v) is 5.59. The van der Waals surface area contributed by atoms with Gasteiger partial charge in [-0.2, -0.15) is 0 Å². The van der Waals surface area contributed by atoms with Crippen LogP contribution in [-0.4, -0.2) is 56.1 Å². The van der Waals surface area contributed by atoms with Gasteiger partial charge in [-0.3, -0.25) is 9.78 Å². The van der Waals surface area contributed by atoms with Gasteiger partial charge in [-0.25, -0.2) is 4.79 Å². The van der Waals surface area contributed by atoms with E-state index >= 15 is 0 Å². The van der Waals surface area contributed by atoms with Gasteiger partial charge in [0.2, 0.25) is 0 Å². The van der Waals surface area contributed by atoms with E-state index in [0.29, 0.717) is 0 Å². The summed E-state index contributed by atoms with van der Waals surface area (Å²) < 4.78 is 6.21. The fourth-order valence-electron chi connectivity index (χ4n) is 2.54. The molecular weight excluding hydrogens is 296 g/mol. The molecule has 1 aromatic heterocycles. The zero-order valence-electron chi connectivity index (χ0n) is 11.7. The van der Waals surface area contributed by atoms with Crippen molar-refractivity contribution in [3.63, 3.8) is 0 Å². The van der Waals surface area contributed by atoms with Crippen LogP contribution in [0.1, 0.15) is 30.9 Å². The number of nitrogens with one attached hydrogen (secondary N) is 1. The number of ether oxygens (including phenoxy) is 1. The van der Waals surface area contributed by atoms with Crippen molar-refractivity contribution in [3.8, 4) is 0 Å². The summed E-state index contributed by atoms with van der Waals surface area (Å²) in [6.45, 7) is -0.495. The third-order valence-electron chi connectivity index (χ3n) is 4.10. The lowest BCUT2D eigenvalue weighted by molar-refractivity contribution is -0.0293. The Balaban J connectivity index is 1.91. The van der Waals surface area contributed by atoms with Crippen LogP contribution in [0.2, 0.25) is 0 Å². The lowest BCUT2D eigenvalue weighted by Crippen LogP contribution is -2.42. The molecule has 0 amide bonds. The topological polar surface area (TPSA) is 134 Å². The van der Waals surface area contributed by atoms with Crippen molar-refractivity contribution >= 4 is 0 Å². The second kappa shape index (κ2) is 5.84. The molecule has 1 aliphatic carbocycles.